The average Bonchev–Trinajstić information content (AvgIpc) is 3.19. The second-order valence-electron chi connectivity index (χ2n) is 5.57. The fourth-order valence-electron chi connectivity index (χ4n) is 2.68. The first-order valence-corrected chi connectivity index (χ1v) is 7.75. The van der Waals surface area contributed by atoms with Crippen LogP contribution in [-0.4, -0.2) is 51.9 Å². The molecule has 3 heterocycles. The summed E-state index contributed by atoms with van der Waals surface area (Å²) in [5.74, 6) is 1.57. The number of likely N-dealkylation sites (tertiary alicyclic amines) is 1. The van der Waals surface area contributed by atoms with Crippen molar-refractivity contribution in [2.45, 2.75) is 19.1 Å². The molecular formula is C16H22N6O. The first-order chi connectivity index (χ1) is 11.2. The molecule has 1 aliphatic rings. The van der Waals surface area contributed by atoms with Crippen molar-refractivity contribution in [3.63, 3.8) is 0 Å². The number of hydrogen-bond acceptors (Lipinski definition) is 4. The summed E-state index contributed by atoms with van der Waals surface area (Å²) in [4.78, 5) is 10.8. The van der Waals surface area contributed by atoms with Gasteiger partial charge in [-0.05, 0) is 6.07 Å². The van der Waals surface area contributed by atoms with Crippen molar-refractivity contribution < 1.29 is 4.74 Å². The van der Waals surface area contributed by atoms with Gasteiger partial charge in [0.1, 0.15) is 6.10 Å². The number of hydrogen-bond donors (Lipinski definition) is 1. The monoisotopic (exact) mass is 314 g/mol. The molecule has 0 aliphatic carbocycles. The van der Waals surface area contributed by atoms with E-state index in [1.807, 2.05) is 37.6 Å². The molecule has 1 fully saturated rings. The van der Waals surface area contributed by atoms with Gasteiger partial charge in [-0.15, -0.1) is 0 Å². The zero-order valence-electron chi connectivity index (χ0n) is 13.5. The van der Waals surface area contributed by atoms with Crippen molar-refractivity contribution >= 4 is 5.96 Å². The van der Waals surface area contributed by atoms with Crippen molar-refractivity contribution in [3.05, 3.63) is 42.4 Å². The van der Waals surface area contributed by atoms with E-state index in [-0.39, 0.29) is 6.10 Å². The van der Waals surface area contributed by atoms with Crippen molar-refractivity contribution in [1.82, 2.24) is 25.0 Å². The lowest BCUT2D eigenvalue weighted by Gasteiger charge is -2.21. The van der Waals surface area contributed by atoms with Gasteiger partial charge in [-0.25, -0.2) is 4.98 Å². The molecule has 0 amide bonds. The largest absolute Gasteiger partial charge is 0.472 e. The molecule has 0 radical (unpaired) electrons. The minimum Gasteiger partial charge on any atom is -0.472 e. The highest BCUT2D eigenvalue weighted by atomic mass is 16.5. The second-order valence-corrected chi connectivity index (χ2v) is 5.57. The average molecular weight is 314 g/mol. The van der Waals surface area contributed by atoms with E-state index in [1.54, 1.807) is 17.9 Å². The Labute approximate surface area is 136 Å². The maximum atomic E-state index is 5.92. The number of aliphatic imine (C=N–C) groups is 1. The summed E-state index contributed by atoms with van der Waals surface area (Å²) in [7, 11) is 3.72. The molecule has 0 saturated carbocycles. The topological polar surface area (TPSA) is 67.6 Å². The maximum Gasteiger partial charge on any atom is 0.213 e. The molecule has 1 atom stereocenters. The lowest BCUT2D eigenvalue weighted by Crippen LogP contribution is -2.40. The number of pyridine rings is 1. The number of ether oxygens (including phenoxy) is 1. The number of rotatable bonds is 4. The SMILES string of the molecule is CN=C(NCc1cnn(C)c1)N1CCC(Oc2ccccn2)C1. The predicted molar refractivity (Wildman–Crippen MR) is 88.2 cm³/mol. The van der Waals surface area contributed by atoms with Gasteiger partial charge in [0, 0.05) is 57.6 Å². The van der Waals surface area contributed by atoms with Gasteiger partial charge in [0.2, 0.25) is 5.88 Å². The molecule has 0 aromatic carbocycles. The van der Waals surface area contributed by atoms with Gasteiger partial charge in [-0.1, -0.05) is 6.07 Å². The minimum atomic E-state index is 0.141. The van der Waals surface area contributed by atoms with Gasteiger partial charge in [0.25, 0.3) is 0 Å². The molecular weight excluding hydrogens is 292 g/mol. The first-order valence-electron chi connectivity index (χ1n) is 7.75. The molecule has 2 aromatic heterocycles. The van der Waals surface area contributed by atoms with Crippen molar-refractivity contribution in [2.75, 3.05) is 20.1 Å². The number of aryl methyl sites for hydroxylation is 1. The Bertz CT molecular complexity index is 654. The molecule has 122 valence electrons. The molecule has 0 spiro atoms. The predicted octanol–water partition coefficient (Wildman–Crippen LogP) is 1.04. The fourth-order valence-corrected chi connectivity index (χ4v) is 2.68. The summed E-state index contributed by atoms with van der Waals surface area (Å²) >= 11 is 0. The first kappa shape index (κ1) is 15.3. The van der Waals surface area contributed by atoms with E-state index in [1.165, 1.54) is 0 Å². The Balaban J connectivity index is 1.52. The molecule has 1 saturated heterocycles. The highest BCUT2D eigenvalue weighted by Gasteiger charge is 2.26. The Kier molecular flexibility index (Phi) is 4.75. The molecule has 7 nitrogen and oxygen atoms in total. The highest BCUT2D eigenvalue weighted by molar-refractivity contribution is 5.80. The zero-order chi connectivity index (χ0) is 16.1. The molecule has 1 N–H and O–H groups in total. The Morgan fingerprint density at radius 3 is 3.09 bits per heavy atom. The third kappa shape index (κ3) is 4.00. The second kappa shape index (κ2) is 7.13. The Morgan fingerprint density at radius 2 is 2.39 bits per heavy atom. The van der Waals surface area contributed by atoms with Crippen LogP contribution in [0.5, 0.6) is 5.88 Å². The van der Waals surface area contributed by atoms with E-state index in [0.717, 1.165) is 31.0 Å². The summed E-state index contributed by atoms with van der Waals surface area (Å²) in [6.45, 7) is 2.44. The van der Waals surface area contributed by atoms with E-state index in [4.69, 9.17) is 4.74 Å². The molecule has 0 bridgehead atoms. The van der Waals surface area contributed by atoms with Crippen LogP contribution in [-0.2, 0) is 13.6 Å². The van der Waals surface area contributed by atoms with E-state index < -0.39 is 0 Å². The van der Waals surface area contributed by atoms with Gasteiger partial charge < -0.3 is 15.0 Å². The van der Waals surface area contributed by atoms with Crippen LogP contribution >= 0.6 is 0 Å². The molecule has 1 aliphatic heterocycles. The lowest BCUT2D eigenvalue weighted by atomic mass is 10.3. The quantitative estimate of drug-likeness (QED) is 0.675. The summed E-state index contributed by atoms with van der Waals surface area (Å²) in [5, 5.41) is 7.55. The van der Waals surface area contributed by atoms with Crippen LogP contribution < -0.4 is 10.1 Å². The van der Waals surface area contributed by atoms with Gasteiger partial charge in [-0.3, -0.25) is 9.67 Å². The molecule has 23 heavy (non-hydrogen) atoms. The van der Waals surface area contributed by atoms with Gasteiger partial charge in [-0.2, -0.15) is 5.10 Å². The van der Waals surface area contributed by atoms with Crippen LogP contribution in [0.15, 0.2) is 41.8 Å². The van der Waals surface area contributed by atoms with Gasteiger partial charge in [0.05, 0.1) is 12.7 Å². The third-order valence-corrected chi connectivity index (χ3v) is 3.79. The van der Waals surface area contributed by atoms with Crippen molar-refractivity contribution in [1.29, 1.82) is 0 Å². The van der Waals surface area contributed by atoms with Crippen LogP contribution in [0.3, 0.4) is 0 Å². The maximum absolute atomic E-state index is 5.92. The molecule has 2 aromatic rings. The summed E-state index contributed by atoms with van der Waals surface area (Å²) < 4.78 is 7.72. The fraction of sp³-hybridized carbons (Fsp3) is 0.438. The van der Waals surface area contributed by atoms with E-state index in [9.17, 15) is 0 Å². The highest BCUT2D eigenvalue weighted by Crippen LogP contribution is 2.16. The number of nitrogens with zero attached hydrogens (tertiary/aromatic N) is 5. The normalized spacial score (nSPS) is 18.3. The molecule has 7 heteroatoms. The third-order valence-electron chi connectivity index (χ3n) is 3.79. The van der Waals surface area contributed by atoms with Crippen LogP contribution in [0.1, 0.15) is 12.0 Å². The number of aromatic nitrogens is 3. The van der Waals surface area contributed by atoms with E-state index in [0.29, 0.717) is 12.4 Å². The van der Waals surface area contributed by atoms with Crippen molar-refractivity contribution in [2.24, 2.45) is 12.0 Å². The van der Waals surface area contributed by atoms with Crippen LogP contribution in [0, 0.1) is 0 Å². The smallest absolute Gasteiger partial charge is 0.213 e. The molecule has 3 rings (SSSR count). The van der Waals surface area contributed by atoms with Crippen LogP contribution in [0.25, 0.3) is 0 Å². The van der Waals surface area contributed by atoms with E-state index in [2.05, 4.69) is 25.3 Å². The van der Waals surface area contributed by atoms with Crippen molar-refractivity contribution in [3.8, 4) is 5.88 Å². The summed E-state index contributed by atoms with van der Waals surface area (Å²) in [6.07, 6.45) is 6.71. The van der Waals surface area contributed by atoms with Crippen LogP contribution in [0.4, 0.5) is 0 Å². The van der Waals surface area contributed by atoms with E-state index >= 15 is 0 Å². The number of guanidine groups is 1. The molecule has 1 unspecified atom stereocenters. The summed E-state index contributed by atoms with van der Waals surface area (Å²) in [6, 6.07) is 5.71. The van der Waals surface area contributed by atoms with Gasteiger partial charge >= 0.3 is 0 Å². The van der Waals surface area contributed by atoms with Gasteiger partial charge in [0.15, 0.2) is 5.96 Å². The number of nitrogens with one attached hydrogen (secondary N) is 1. The Hall–Kier alpha value is -2.57. The summed E-state index contributed by atoms with van der Waals surface area (Å²) in [5.41, 5.74) is 1.13. The minimum absolute atomic E-state index is 0.141. The Morgan fingerprint density at radius 1 is 1.48 bits per heavy atom. The standard InChI is InChI=1S/C16H22N6O/c1-17-16(19-9-13-10-20-21(2)11-13)22-8-6-14(12-22)23-15-5-3-4-7-18-15/h3-5,7,10-11,14H,6,8-9,12H2,1-2H3,(H,17,19). The van der Waals surface area contributed by atoms with Crippen LogP contribution in [0.2, 0.25) is 0 Å². The lowest BCUT2D eigenvalue weighted by molar-refractivity contribution is 0.205. The zero-order valence-corrected chi connectivity index (χ0v) is 13.5.